The van der Waals surface area contributed by atoms with E-state index in [1.54, 1.807) is 15.6 Å². The predicted molar refractivity (Wildman–Crippen MR) is 94.0 cm³/mol. The van der Waals surface area contributed by atoms with Crippen LogP contribution >= 0.6 is 0 Å². The third-order valence-corrected chi connectivity index (χ3v) is 4.36. The Kier molecular flexibility index (Phi) is 3.60. The highest BCUT2D eigenvalue weighted by atomic mass is 16.2. The van der Waals surface area contributed by atoms with E-state index in [2.05, 4.69) is 20.1 Å². The molecule has 0 N–H and O–H groups in total. The van der Waals surface area contributed by atoms with Crippen molar-refractivity contribution in [1.82, 2.24) is 29.1 Å². The van der Waals surface area contributed by atoms with Gasteiger partial charge in [-0.3, -0.25) is 14.7 Å². The minimum Gasteiger partial charge on any atom is -0.332 e. The summed E-state index contributed by atoms with van der Waals surface area (Å²) < 4.78 is 3.68. The Hall–Kier alpha value is -3.03. The largest absolute Gasteiger partial charge is 0.332 e. The Bertz CT molecular complexity index is 959. The van der Waals surface area contributed by atoms with Crippen molar-refractivity contribution < 1.29 is 4.79 Å². The first kappa shape index (κ1) is 15.5. The van der Waals surface area contributed by atoms with Crippen molar-refractivity contribution in [2.45, 2.75) is 26.7 Å². The Morgan fingerprint density at radius 2 is 2.04 bits per heavy atom. The lowest BCUT2D eigenvalue weighted by atomic mass is 10.4. The molecule has 128 valence electrons. The van der Waals surface area contributed by atoms with Crippen LogP contribution in [0.3, 0.4) is 0 Å². The van der Waals surface area contributed by atoms with E-state index in [0.717, 1.165) is 35.8 Å². The molecule has 25 heavy (non-hydrogen) atoms. The minimum atomic E-state index is 0.133. The van der Waals surface area contributed by atoms with Gasteiger partial charge >= 0.3 is 0 Å². The fraction of sp³-hybridized carbons (Fsp3) is 0.353. The quantitative estimate of drug-likeness (QED) is 0.727. The van der Waals surface area contributed by atoms with Crippen LogP contribution in [0.4, 0.5) is 5.82 Å². The molecule has 1 aliphatic rings. The van der Waals surface area contributed by atoms with Crippen LogP contribution in [0.15, 0.2) is 12.4 Å². The van der Waals surface area contributed by atoms with Gasteiger partial charge in [-0.05, 0) is 32.4 Å². The lowest BCUT2D eigenvalue weighted by Crippen LogP contribution is -2.23. The molecule has 0 spiro atoms. The summed E-state index contributed by atoms with van der Waals surface area (Å²) in [5.41, 5.74) is 2.52. The van der Waals surface area contributed by atoms with Crippen LogP contribution in [-0.2, 0) is 11.8 Å². The summed E-state index contributed by atoms with van der Waals surface area (Å²) in [6.45, 7) is 4.59. The zero-order chi connectivity index (χ0) is 17.6. The van der Waals surface area contributed by atoms with Gasteiger partial charge in [-0.2, -0.15) is 0 Å². The van der Waals surface area contributed by atoms with Gasteiger partial charge in [-0.1, -0.05) is 0 Å². The standard InChI is InChI=1S/C17H19N7O/c1-11-9-18-12(2)17-19-13(21-24(11)17)6-7-14-20-15(10-22(14)3)23-8-4-5-16(23)25/h6-7,9-10H,4-5,8H2,1-3H3. The molecule has 0 aliphatic carbocycles. The first-order valence-corrected chi connectivity index (χ1v) is 8.24. The monoisotopic (exact) mass is 337 g/mol. The molecule has 4 heterocycles. The second-order valence-electron chi connectivity index (χ2n) is 6.24. The fourth-order valence-corrected chi connectivity index (χ4v) is 2.97. The summed E-state index contributed by atoms with van der Waals surface area (Å²) in [5, 5.41) is 4.49. The molecule has 0 atom stereocenters. The maximum absolute atomic E-state index is 11.9. The molecular formula is C17H19N7O. The Labute approximate surface area is 144 Å². The van der Waals surface area contributed by atoms with Crippen molar-refractivity contribution in [1.29, 1.82) is 0 Å². The average Bonchev–Trinajstić information content (AvgIpc) is 3.28. The minimum absolute atomic E-state index is 0.133. The van der Waals surface area contributed by atoms with E-state index in [4.69, 9.17) is 0 Å². The number of hydrogen-bond acceptors (Lipinski definition) is 5. The third-order valence-electron chi connectivity index (χ3n) is 4.36. The summed E-state index contributed by atoms with van der Waals surface area (Å²) in [6.07, 6.45) is 8.82. The summed E-state index contributed by atoms with van der Waals surface area (Å²) in [4.78, 5) is 27.0. The number of anilines is 1. The number of aromatic nitrogens is 6. The number of amides is 1. The van der Waals surface area contributed by atoms with Gasteiger partial charge in [-0.25, -0.2) is 14.5 Å². The van der Waals surface area contributed by atoms with E-state index in [-0.39, 0.29) is 5.91 Å². The number of aryl methyl sites for hydroxylation is 3. The molecule has 3 aromatic rings. The van der Waals surface area contributed by atoms with Crippen molar-refractivity contribution >= 4 is 29.5 Å². The summed E-state index contributed by atoms with van der Waals surface area (Å²) in [5.74, 6) is 2.18. The molecule has 0 bridgehead atoms. The van der Waals surface area contributed by atoms with Gasteiger partial charge < -0.3 is 4.57 Å². The second kappa shape index (κ2) is 5.80. The van der Waals surface area contributed by atoms with E-state index in [9.17, 15) is 4.79 Å². The normalized spacial score (nSPS) is 15.2. The van der Waals surface area contributed by atoms with E-state index >= 15 is 0 Å². The smallest absolute Gasteiger partial charge is 0.228 e. The number of carbonyl (C=O) groups is 1. The van der Waals surface area contributed by atoms with Crippen molar-refractivity contribution in [3.05, 3.63) is 35.4 Å². The molecule has 1 fully saturated rings. The Morgan fingerprint density at radius 3 is 2.76 bits per heavy atom. The van der Waals surface area contributed by atoms with Crippen LogP contribution in [0, 0.1) is 13.8 Å². The first-order chi connectivity index (χ1) is 12.0. The van der Waals surface area contributed by atoms with Crippen LogP contribution < -0.4 is 4.90 Å². The van der Waals surface area contributed by atoms with Crippen LogP contribution in [0.1, 0.15) is 35.9 Å². The average molecular weight is 337 g/mol. The van der Waals surface area contributed by atoms with Gasteiger partial charge in [0, 0.05) is 32.4 Å². The molecule has 1 aliphatic heterocycles. The van der Waals surface area contributed by atoms with Crippen LogP contribution in [-0.4, -0.2) is 41.6 Å². The van der Waals surface area contributed by atoms with Gasteiger partial charge in [0.25, 0.3) is 0 Å². The first-order valence-electron chi connectivity index (χ1n) is 8.24. The van der Waals surface area contributed by atoms with E-state index in [0.29, 0.717) is 18.1 Å². The van der Waals surface area contributed by atoms with Gasteiger partial charge in [0.1, 0.15) is 5.82 Å². The molecule has 3 aromatic heterocycles. The van der Waals surface area contributed by atoms with Gasteiger partial charge in [0.05, 0.1) is 11.4 Å². The number of fused-ring (bicyclic) bond motifs is 1. The second-order valence-corrected chi connectivity index (χ2v) is 6.24. The van der Waals surface area contributed by atoms with Gasteiger partial charge in [0.15, 0.2) is 17.3 Å². The number of imidazole rings is 1. The van der Waals surface area contributed by atoms with Crippen molar-refractivity contribution in [3.63, 3.8) is 0 Å². The predicted octanol–water partition coefficient (Wildman–Crippen LogP) is 1.77. The van der Waals surface area contributed by atoms with Gasteiger partial charge in [-0.15, -0.1) is 5.10 Å². The highest BCUT2D eigenvalue weighted by Crippen LogP contribution is 2.21. The number of rotatable bonds is 3. The van der Waals surface area contributed by atoms with E-state index in [1.165, 1.54) is 0 Å². The summed E-state index contributed by atoms with van der Waals surface area (Å²) >= 11 is 0. The van der Waals surface area contributed by atoms with Crippen molar-refractivity contribution in [3.8, 4) is 0 Å². The molecule has 0 radical (unpaired) electrons. The molecule has 0 saturated carbocycles. The lowest BCUT2D eigenvalue weighted by Gasteiger charge is -2.10. The van der Waals surface area contributed by atoms with E-state index < -0.39 is 0 Å². The highest BCUT2D eigenvalue weighted by Gasteiger charge is 2.24. The molecule has 1 saturated heterocycles. The lowest BCUT2D eigenvalue weighted by molar-refractivity contribution is -0.117. The van der Waals surface area contributed by atoms with Crippen LogP contribution in [0.25, 0.3) is 17.8 Å². The molecule has 0 unspecified atom stereocenters. The van der Waals surface area contributed by atoms with E-state index in [1.807, 2.05) is 43.8 Å². The molecular weight excluding hydrogens is 318 g/mol. The van der Waals surface area contributed by atoms with Gasteiger partial charge in [0.2, 0.25) is 5.91 Å². The van der Waals surface area contributed by atoms with Crippen LogP contribution in [0.5, 0.6) is 0 Å². The topological polar surface area (TPSA) is 81.2 Å². The SMILES string of the molecule is Cc1ncc(C)n2nc(C=Cc3nc(N4CCCC4=O)cn3C)nc12. The van der Waals surface area contributed by atoms with Crippen molar-refractivity contribution in [2.75, 3.05) is 11.4 Å². The third kappa shape index (κ3) is 2.69. The molecule has 0 aromatic carbocycles. The maximum Gasteiger partial charge on any atom is 0.228 e. The zero-order valence-corrected chi connectivity index (χ0v) is 14.5. The number of nitrogens with zero attached hydrogens (tertiary/aromatic N) is 7. The number of carbonyl (C=O) groups excluding carboxylic acids is 1. The highest BCUT2D eigenvalue weighted by molar-refractivity contribution is 5.94. The Morgan fingerprint density at radius 1 is 1.20 bits per heavy atom. The van der Waals surface area contributed by atoms with Crippen molar-refractivity contribution in [2.24, 2.45) is 7.05 Å². The molecule has 4 rings (SSSR count). The number of hydrogen-bond donors (Lipinski definition) is 0. The molecule has 8 heteroatoms. The fourth-order valence-electron chi connectivity index (χ4n) is 2.97. The van der Waals surface area contributed by atoms with Crippen LogP contribution in [0.2, 0.25) is 0 Å². The summed E-state index contributed by atoms with van der Waals surface area (Å²) in [7, 11) is 1.91. The maximum atomic E-state index is 11.9. The Balaban J connectivity index is 1.64. The summed E-state index contributed by atoms with van der Waals surface area (Å²) in [6, 6.07) is 0. The molecule has 8 nitrogen and oxygen atoms in total. The zero-order valence-electron chi connectivity index (χ0n) is 14.5. The molecule has 1 amide bonds.